The molecule has 7 nitrogen and oxygen atoms in total. The second kappa shape index (κ2) is 7.73. The number of aromatic nitrogens is 2. The number of hydrogen-bond acceptors (Lipinski definition) is 5. The molecule has 19 heavy (non-hydrogen) atoms. The number of carbonyl (C=O) groups is 1. The zero-order chi connectivity index (χ0) is 14.3. The summed E-state index contributed by atoms with van der Waals surface area (Å²) in [6.45, 7) is 9.47. The molecule has 1 aromatic rings. The lowest BCUT2D eigenvalue weighted by Crippen LogP contribution is -2.42. The summed E-state index contributed by atoms with van der Waals surface area (Å²) in [5.74, 6) is 1.00. The van der Waals surface area contributed by atoms with Gasteiger partial charge in [0.15, 0.2) is 5.82 Å². The Labute approximate surface area is 113 Å². The number of nitrogens with zero attached hydrogens (tertiary/aromatic N) is 3. The van der Waals surface area contributed by atoms with Crippen LogP contribution in [0.25, 0.3) is 0 Å². The van der Waals surface area contributed by atoms with Crippen LogP contribution < -0.4 is 5.32 Å². The first kappa shape index (κ1) is 15.4. The van der Waals surface area contributed by atoms with Crippen LogP contribution in [0.4, 0.5) is 4.79 Å². The minimum absolute atomic E-state index is 0.00157. The summed E-state index contributed by atoms with van der Waals surface area (Å²) in [5, 5.41) is 6.51. The molecule has 1 unspecified atom stereocenters. The average Bonchev–Trinajstić information content (AvgIpc) is 2.79. The molecule has 1 rings (SSSR count). The molecule has 1 aromatic heterocycles. The van der Waals surface area contributed by atoms with Gasteiger partial charge >= 0.3 is 6.03 Å². The summed E-state index contributed by atoms with van der Waals surface area (Å²) < 4.78 is 10.4. The van der Waals surface area contributed by atoms with Gasteiger partial charge in [-0.1, -0.05) is 5.16 Å². The molecule has 0 fully saturated rings. The quantitative estimate of drug-likeness (QED) is 0.808. The topological polar surface area (TPSA) is 80.5 Å². The van der Waals surface area contributed by atoms with E-state index in [4.69, 9.17) is 9.26 Å². The van der Waals surface area contributed by atoms with Crippen LogP contribution in [-0.2, 0) is 11.3 Å². The molecule has 1 atom stereocenters. The lowest BCUT2D eigenvalue weighted by molar-refractivity contribution is 0.0759. The maximum Gasteiger partial charge on any atom is 0.317 e. The fraction of sp³-hybridized carbons (Fsp3) is 0.750. The lowest BCUT2D eigenvalue weighted by atomic mass is 10.4. The van der Waals surface area contributed by atoms with Gasteiger partial charge in [0.2, 0.25) is 5.89 Å². The molecule has 1 N–H and O–H groups in total. The second-order valence-corrected chi connectivity index (χ2v) is 4.20. The van der Waals surface area contributed by atoms with Gasteiger partial charge in [-0.3, -0.25) is 0 Å². The van der Waals surface area contributed by atoms with Gasteiger partial charge in [-0.05, 0) is 27.7 Å². The molecule has 7 heteroatoms. The summed E-state index contributed by atoms with van der Waals surface area (Å²) in [5.41, 5.74) is 0. The molecule has 0 aliphatic rings. The third-order valence-electron chi connectivity index (χ3n) is 2.56. The molecule has 0 radical (unpaired) electrons. The van der Waals surface area contributed by atoms with E-state index in [9.17, 15) is 4.79 Å². The van der Waals surface area contributed by atoms with Crippen molar-refractivity contribution in [3.8, 4) is 0 Å². The predicted octanol–water partition coefficient (Wildman–Crippen LogP) is 1.33. The lowest BCUT2D eigenvalue weighted by Gasteiger charge is -2.21. The van der Waals surface area contributed by atoms with Gasteiger partial charge in [-0.25, -0.2) is 4.79 Å². The van der Waals surface area contributed by atoms with Crippen LogP contribution in [0.1, 0.15) is 32.5 Å². The fourth-order valence-electron chi connectivity index (χ4n) is 1.58. The zero-order valence-corrected chi connectivity index (χ0v) is 12.0. The van der Waals surface area contributed by atoms with Crippen molar-refractivity contribution in [1.29, 1.82) is 0 Å². The normalized spacial score (nSPS) is 12.2. The average molecular weight is 270 g/mol. The van der Waals surface area contributed by atoms with Crippen LogP contribution in [0.3, 0.4) is 0 Å². The van der Waals surface area contributed by atoms with E-state index in [-0.39, 0.29) is 12.1 Å². The van der Waals surface area contributed by atoms with E-state index in [1.165, 1.54) is 0 Å². The standard InChI is InChI=1S/C12H22N4O3/c1-5-16(8-11-14-10(4)15-19-11)12(17)13-7-9(3)18-6-2/h9H,5-8H2,1-4H3,(H,13,17). The van der Waals surface area contributed by atoms with Gasteiger partial charge in [-0.2, -0.15) is 4.98 Å². The van der Waals surface area contributed by atoms with E-state index in [0.717, 1.165) is 0 Å². The Balaban J connectivity index is 2.43. The number of ether oxygens (including phenoxy) is 1. The van der Waals surface area contributed by atoms with Crippen molar-refractivity contribution >= 4 is 6.03 Å². The van der Waals surface area contributed by atoms with Crippen LogP contribution in [0.5, 0.6) is 0 Å². The van der Waals surface area contributed by atoms with Gasteiger partial charge in [0, 0.05) is 19.7 Å². The van der Waals surface area contributed by atoms with E-state index in [1.807, 2.05) is 20.8 Å². The molecule has 0 saturated heterocycles. The highest BCUT2D eigenvalue weighted by Gasteiger charge is 2.15. The number of aryl methyl sites for hydroxylation is 1. The van der Waals surface area contributed by atoms with Crippen molar-refractivity contribution in [1.82, 2.24) is 20.4 Å². The molecule has 0 spiro atoms. The van der Waals surface area contributed by atoms with E-state index in [0.29, 0.717) is 38.0 Å². The maximum atomic E-state index is 12.0. The minimum atomic E-state index is -0.162. The molecular weight excluding hydrogens is 248 g/mol. The Bertz CT molecular complexity index is 394. The van der Waals surface area contributed by atoms with Crippen molar-refractivity contribution in [2.24, 2.45) is 0 Å². The van der Waals surface area contributed by atoms with Gasteiger partial charge in [-0.15, -0.1) is 0 Å². The predicted molar refractivity (Wildman–Crippen MR) is 69.6 cm³/mol. The van der Waals surface area contributed by atoms with E-state index in [2.05, 4.69) is 15.5 Å². The molecule has 0 bridgehead atoms. The Morgan fingerprint density at radius 1 is 1.53 bits per heavy atom. The summed E-state index contributed by atoms with van der Waals surface area (Å²) in [4.78, 5) is 17.6. The van der Waals surface area contributed by atoms with Crippen LogP contribution in [0, 0.1) is 6.92 Å². The highest BCUT2D eigenvalue weighted by atomic mass is 16.5. The van der Waals surface area contributed by atoms with E-state index in [1.54, 1.807) is 11.8 Å². The van der Waals surface area contributed by atoms with E-state index >= 15 is 0 Å². The number of amides is 2. The molecule has 0 aliphatic carbocycles. The first-order valence-corrected chi connectivity index (χ1v) is 6.50. The highest BCUT2D eigenvalue weighted by molar-refractivity contribution is 5.74. The number of urea groups is 1. The first-order chi connectivity index (χ1) is 9.06. The molecule has 108 valence electrons. The highest BCUT2D eigenvalue weighted by Crippen LogP contribution is 2.02. The molecule has 1 heterocycles. The van der Waals surface area contributed by atoms with Gasteiger partial charge in [0.25, 0.3) is 0 Å². The Kier molecular flexibility index (Phi) is 6.27. The van der Waals surface area contributed by atoms with Crippen LogP contribution in [0.15, 0.2) is 4.52 Å². The molecular formula is C12H22N4O3. The van der Waals surface area contributed by atoms with Crippen molar-refractivity contribution < 1.29 is 14.1 Å². The smallest absolute Gasteiger partial charge is 0.317 e. The number of carbonyl (C=O) groups excluding carboxylic acids is 1. The molecule has 0 saturated carbocycles. The number of nitrogens with one attached hydrogen (secondary N) is 1. The monoisotopic (exact) mass is 270 g/mol. The fourth-order valence-corrected chi connectivity index (χ4v) is 1.58. The minimum Gasteiger partial charge on any atom is -0.377 e. The zero-order valence-electron chi connectivity index (χ0n) is 12.0. The van der Waals surface area contributed by atoms with Crippen molar-refractivity contribution in [2.75, 3.05) is 19.7 Å². The summed E-state index contributed by atoms with van der Waals surface area (Å²) in [6.07, 6.45) is -0.00157. The van der Waals surface area contributed by atoms with Gasteiger partial charge in [0.1, 0.15) is 6.54 Å². The molecule has 2 amide bonds. The Hall–Kier alpha value is -1.63. The maximum absolute atomic E-state index is 12.0. The first-order valence-electron chi connectivity index (χ1n) is 6.50. The third kappa shape index (κ3) is 5.25. The van der Waals surface area contributed by atoms with Crippen molar-refractivity contribution in [3.63, 3.8) is 0 Å². The van der Waals surface area contributed by atoms with Gasteiger partial charge in [0.05, 0.1) is 6.10 Å². The van der Waals surface area contributed by atoms with Crippen molar-refractivity contribution in [3.05, 3.63) is 11.7 Å². The summed E-state index contributed by atoms with van der Waals surface area (Å²) in [6, 6.07) is -0.162. The SMILES string of the molecule is CCOC(C)CNC(=O)N(CC)Cc1nc(C)no1. The third-order valence-corrected chi connectivity index (χ3v) is 2.56. The van der Waals surface area contributed by atoms with Crippen LogP contribution in [0.2, 0.25) is 0 Å². The number of rotatable bonds is 7. The number of hydrogen-bond donors (Lipinski definition) is 1. The largest absolute Gasteiger partial charge is 0.377 e. The Morgan fingerprint density at radius 2 is 2.26 bits per heavy atom. The Morgan fingerprint density at radius 3 is 2.79 bits per heavy atom. The molecule has 0 aromatic carbocycles. The molecule has 0 aliphatic heterocycles. The van der Waals surface area contributed by atoms with Crippen LogP contribution >= 0.6 is 0 Å². The van der Waals surface area contributed by atoms with Crippen molar-refractivity contribution in [2.45, 2.75) is 40.3 Å². The van der Waals surface area contributed by atoms with Gasteiger partial charge < -0.3 is 19.5 Å². The summed E-state index contributed by atoms with van der Waals surface area (Å²) in [7, 11) is 0. The summed E-state index contributed by atoms with van der Waals surface area (Å²) >= 11 is 0. The second-order valence-electron chi connectivity index (χ2n) is 4.20. The van der Waals surface area contributed by atoms with E-state index < -0.39 is 0 Å². The van der Waals surface area contributed by atoms with Crippen LogP contribution in [-0.4, -0.2) is 46.9 Å².